The Hall–Kier alpha value is -2.35. The number of aryl methyl sites for hydroxylation is 3. The number of nitrogens with two attached hydrogens (primary N) is 1. The van der Waals surface area contributed by atoms with E-state index in [1.165, 1.54) is 11.1 Å². The van der Waals surface area contributed by atoms with E-state index >= 15 is 0 Å². The fourth-order valence-electron chi connectivity index (χ4n) is 2.54. The SMILES string of the molecule is Cc1ccc(NC(N)=NCc2cn(-c3ccccc3)nc2C)cc1C.I. The van der Waals surface area contributed by atoms with E-state index in [4.69, 9.17) is 5.73 Å². The maximum atomic E-state index is 6.02. The number of guanidine groups is 1. The number of aliphatic imine (C=N–C) groups is 1. The molecule has 0 amide bonds. The standard InChI is InChI=1S/C20H23N5.HI/c1-14-9-10-18(11-15(14)2)23-20(21)22-12-17-13-25(24-16(17)3)19-7-5-4-6-8-19;/h4-11,13H,12H2,1-3H3,(H3,21,22,23);1H. The highest BCUT2D eigenvalue weighted by molar-refractivity contribution is 14.0. The molecule has 0 bridgehead atoms. The summed E-state index contributed by atoms with van der Waals surface area (Å²) in [6.07, 6.45) is 2.00. The van der Waals surface area contributed by atoms with Gasteiger partial charge in [0.2, 0.25) is 0 Å². The molecule has 3 aromatic rings. The lowest BCUT2D eigenvalue weighted by Crippen LogP contribution is -2.22. The van der Waals surface area contributed by atoms with E-state index in [-0.39, 0.29) is 24.0 Å². The second-order valence-corrected chi connectivity index (χ2v) is 6.15. The van der Waals surface area contributed by atoms with Crippen LogP contribution in [0.1, 0.15) is 22.4 Å². The molecule has 1 heterocycles. The van der Waals surface area contributed by atoms with E-state index < -0.39 is 0 Å². The molecular weight excluding hydrogens is 437 g/mol. The third-order valence-electron chi connectivity index (χ3n) is 4.22. The number of rotatable bonds is 4. The van der Waals surface area contributed by atoms with Crippen molar-refractivity contribution in [2.24, 2.45) is 10.7 Å². The summed E-state index contributed by atoms with van der Waals surface area (Å²) in [7, 11) is 0. The van der Waals surface area contributed by atoms with Gasteiger partial charge < -0.3 is 11.1 Å². The second kappa shape index (κ2) is 8.84. The third-order valence-corrected chi connectivity index (χ3v) is 4.22. The first-order valence-corrected chi connectivity index (χ1v) is 8.27. The summed E-state index contributed by atoms with van der Waals surface area (Å²) >= 11 is 0. The van der Waals surface area contributed by atoms with Crippen LogP contribution in [0.3, 0.4) is 0 Å². The molecule has 2 aromatic carbocycles. The highest BCUT2D eigenvalue weighted by Gasteiger charge is 2.06. The number of anilines is 1. The minimum absolute atomic E-state index is 0. The van der Waals surface area contributed by atoms with Crippen molar-refractivity contribution in [2.75, 3.05) is 5.32 Å². The van der Waals surface area contributed by atoms with E-state index in [1.54, 1.807) is 0 Å². The highest BCUT2D eigenvalue weighted by Crippen LogP contribution is 2.15. The summed E-state index contributed by atoms with van der Waals surface area (Å²) in [5.74, 6) is 0.398. The summed E-state index contributed by atoms with van der Waals surface area (Å²) in [4.78, 5) is 4.44. The fraction of sp³-hybridized carbons (Fsp3) is 0.200. The molecule has 136 valence electrons. The zero-order valence-corrected chi connectivity index (χ0v) is 17.6. The normalized spacial score (nSPS) is 11.1. The Balaban J connectivity index is 0.00000243. The van der Waals surface area contributed by atoms with Crippen LogP contribution < -0.4 is 11.1 Å². The van der Waals surface area contributed by atoms with Gasteiger partial charge in [-0.3, -0.25) is 0 Å². The Bertz CT molecular complexity index is 900. The number of hydrogen-bond donors (Lipinski definition) is 2. The summed E-state index contributed by atoms with van der Waals surface area (Å²) in [6.45, 7) is 6.64. The van der Waals surface area contributed by atoms with Crippen LogP contribution in [-0.2, 0) is 6.54 Å². The summed E-state index contributed by atoms with van der Waals surface area (Å²) < 4.78 is 1.87. The summed E-state index contributed by atoms with van der Waals surface area (Å²) in [5, 5.41) is 7.69. The van der Waals surface area contributed by atoms with Gasteiger partial charge in [0.1, 0.15) is 0 Å². The molecule has 0 aliphatic heterocycles. The first-order chi connectivity index (χ1) is 12.0. The van der Waals surface area contributed by atoms with Gasteiger partial charge in [-0.15, -0.1) is 24.0 Å². The molecule has 0 aliphatic carbocycles. The summed E-state index contributed by atoms with van der Waals surface area (Å²) in [5.41, 5.74) is 12.5. The molecule has 0 saturated heterocycles. The minimum Gasteiger partial charge on any atom is -0.370 e. The van der Waals surface area contributed by atoms with Gasteiger partial charge in [-0.05, 0) is 56.2 Å². The quantitative estimate of drug-likeness (QED) is 0.345. The first kappa shape index (κ1) is 20.0. The van der Waals surface area contributed by atoms with Crippen LogP contribution in [0.15, 0.2) is 59.7 Å². The maximum absolute atomic E-state index is 6.02. The van der Waals surface area contributed by atoms with Crippen LogP contribution in [0.4, 0.5) is 5.69 Å². The van der Waals surface area contributed by atoms with Gasteiger partial charge in [0.25, 0.3) is 0 Å². The van der Waals surface area contributed by atoms with Gasteiger partial charge in [-0.1, -0.05) is 24.3 Å². The van der Waals surface area contributed by atoms with Crippen molar-refractivity contribution in [3.63, 3.8) is 0 Å². The zero-order chi connectivity index (χ0) is 17.8. The number of para-hydroxylation sites is 1. The number of aromatic nitrogens is 2. The predicted molar refractivity (Wildman–Crippen MR) is 119 cm³/mol. The van der Waals surface area contributed by atoms with E-state index in [9.17, 15) is 0 Å². The van der Waals surface area contributed by atoms with Crippen LogP contribution in [-0.4, -0.2) is 15.7 Å². The van der Waals surface area contributed by atoms with Crippen molar-refractivity contribution in [2.45, 2.75) is 27.3 Å². The Morgan fingerprint density at radius 2 is 1.81 bits per heavy atom. The van der Waals surface area contributed by atoms with Crippen molar-refractivity contribution < 1.29 is 0 Å². The van der Waals surface area contributed by atoms with Gasteiger partial charge in [-0.25, -0.2) is 9.67 Å². The molecule has 5 nitrogen and oxygen atoms in total. The van der Waals surface area contributed by atoms with Crippen molar-refractivity contribution >= 4 is 35.6 Å². The molecule has 0 spiro atoms. The van der Waals surface area contributed by atoms with Crippen LogP contribution in [0.2, 0.25) is 0 Å². The number of benzene rings is 2. The summed E-state index contributed by atoms with van der Waals surface area (Å²) in [6, 6.07) is 16.2. The van der Waals surface area contributed by atoms with Gasteiger partial charge in [-0.2, -0.15) is 5.10 Å². The lowest BCUT2D eigenvalue weighted by Gasteiger charge is -2.08. The van der Waals surface area contributed by atoms with Gasteiger partial charge in [0.05, 0.1) is 17.9 Å². The van der Waals surface area contributed by atoms with E-state index in [1.807, 2.05) is 54.2 Å². The molecule has 0 saturated carbocycles. The monoisotopic (exact) mass is 461 g/mol. The molecule has 0 unspecified atom stereocenters. The Morgan fingerprint density at radius 3 is 2.50 bits per heavy atom. The smallest absolute Gasteiger partial charge is 0.193 e. The van der Waals surface area contributed by atoms with E-state index in [2.05, 4.69) is 41.4 Å². The van der Waals surface area contributed by atoms with Crippen LogP contribution in [0, 0.1) is 20.8 Å². The molecular formula is C20H24IN5. The molecule has 0 atom stereocenters. The fourth-order valence-corrected chi connectivity index (χ4v) is 2.54. The van der Waals surface area contributed by atoms with Crippen molar-refractivity contribution in [1.29, 1.82) is 0 Å². The van der Waals surface area contributed by atoms with Crippen LogP contribution in [0.5, 0.6) is 0 Å². The Kier molecular flexibility index (Phi) is 6.79. The molecule has 6 heteroatoms. The van der Waals surface area contributed by atoms with E-state index in [0.717, 1.165) is 22.6 Å². The number of halogens is 1. The average molecular weight is 461 g/mol. The molecule has 3 N–H and O–H groups in total. The number of nitrogens with one attached hydrogen (secondary N) is 1. The van der Waals surface area contributed by atoms with Crippen molar-refractivity contribution in [1.82, 2.24) is 9.78 Å². The lowest BCUT2D eigenvalue weighted by atomic mass is 10.1. The lowest BCUT2D eigenvalue weighted by molar-refractivity contribution is 0.863. The van der Waals surface area contributed by atoms with Gasteiger partial charge >= 0.3 is 0 Å². The molecule has 3 rings (SSSR count). The van der Waals surface area contributed by atoms with E-state index in [0.29, 0.717) is 12.5 Å². The highest BCUT2D eigenvalue weighted by atomic mass is 127. The molecule has 0 radical (unpaired) electrons. The largest absolute Gasteiger partial charge is 0.370 e. The zero-order valence-electron chi connectivity index (χ0n) is 15.2. The van der Waals surface area contributed by atoms with Crippen LogP contribution in [0.25, 0.3) is 5.69 Å². The minimum atomic E-state index is 0. The van der Waals surface area contributed by atoms with Crippen molar-refractivity contribution in [3.8, 4) is 5.69 Å². The maximum Gasteiger partial charge on any atom is 0.193 e. The molecule has 1 aromatic heterocycles. The van der Waals surface area contributed by atoms with Gasteiger partial charge in [0.15, 0.2) is 5.96 Å². The number of hydrogen-bond acceptors (Lipinski definition) is 2. The Labute approximate surface area is 171 Å². The third kappa shape index (κ3) is 4.85. The molecule has 26 heavy (non-hydrogen) atoms. The predicted octanol–water partition coefficient (Wildman–Crippen LogP) is 4.34. The topological polar surface area (TPSA) is 68.2 Å². The van der Waals surface area contributed by atoms with Gasteiger partial charge in [0, 0.05) is 17.4 Å². The van der Waals surface area contributed by atoms with Crippen molar-refractivity contribution in [3.05, 3.63) is 77.1 Å². The number of nitrogens with zero attached hydrogens (tertiary/aromatic N) is 3. The Morgan fingerprint density at radius 1 is 1.08 bits per heavy atom. The molecule has 0 fully saturated rings. The van der Waals surface area contributed by atoms with Crippen LogP contribution >= 0.6 is 24.0 Å². The molecule has 0 aliphatic rings. The second-order valence-electron chi connectivity index (χ2n) is 6.15. The average Bonchev–Trinajstić information content (AvgIpc) is 2.98. The first-order valence-electron chi connectivity index (χ1n) is 8.27.